The molecule has 0 radical (unpaired) electrons. The molecule has 0 spiro atoms. The van der Waals surface area contributed by atoms with Crippen LogP contribution in [0.5, 0.6) is 0 Å². The van der Waals surface area contributed by atoms with Gasteiger partial charge in [0.1, 0.15) is 5.69 Å². The minimum Gasteiger partial charge on any atom is -0.351 e. The summed E-state index contributed by atoms with van der Waals surface area (Å²) in [5, 5.41) is 1.10. The normalized spacial score (nSPS) is 16.8. The maximum Gasteiger partial charge on any atom is 0.270 e. The third kappa shape index (κ3) is 3.25. The van der Waals surface area contributed by atoms with Gasteiger partial charge in [0.25, 0.3) is 5.91 Å². The summed E-state index contributed by atoms with van der Waals surface area (Å²) in [6, 6.07) is 19.2. The van der Waals surface area contributed by atoms with Gasteiger partial charge < -0.3 is 9.88 Å². The highest BCUT2D eigenvalue weighted by atomic mass is 16.2. The largest absolute Gasteiger partial charge is 0.351 e. The summed E-state index contributed by atoms with van der Waals surface area (Å²) in [4.78, 5) is 20.6. The van der Waals surface area contributed by atoms with Crippen molar-refractivity contribution in [3.63, 3.8) is 0 Å². The van der Waals surface area contributed by atoms with Crippen molar-refractivity contribution >= 4 is 16.8 Å². The maximum absolute atomic E-state index is 12.9. The molecule has 1 aliphatic rings. The fraction of sp³-hybridized carbons (Fsp3) is 0.318. The van der Waals surface area contributed by atoms with E-state index in [1.165, 1.54) is 11.1 Å². The first-order valence-corrected chi connectivity index (χ1v) is 9.29. The highest BCUT2D eigenvalue weighted by molar-refractivity contribution is 5.98. The number of piperazine rings is 1. The number of aryl methyl sites for hydroxylation is 1. The number of fused-ring (bicyclic) bond motifs is 1. The third-order valence-corrected chi connectivity index (χ3v) is 5.44. The number of rotatable bonds is 3. The van der Waals surface area contributed by atoms with Gasteiger partial charge in [0, 0.05) is 43.1 Å². The topological polar surface area (TPSA) is 39.3 Å². The SMILES string of the molecule is Cc1ccc2[nH]c(C(=O)N3CCN(C(C)c4ccccc4)CC3)cc2c1. The number of hydrogen-bond donors (Lipinski definition) is 1. The second-order valence-corrected chi connectivity index (χ2v) is 7.19. The summed E-state index contributed by atoms with van der Waals surface area (Å²) in [5.41, 5.74) is 4.25. The Labute approximate surface area is 154 Å². The molecule has 3 aromatic rings. The molecule has 1 aromatic heterocycles. The second-order valence-electron chi connectivity index (χ2n) is 7.19. The van der Waals surface area contributed by atoms with Gasteiger partial charge in [0.15, 0.2) is 0 Å². The zero-order valence-electron chi connectivity index (χ0n) is 15.4. The number of carbonyl (C=O) groups is 1. The number of amides is 1. The Morgan fingerprint density at radius 3 is 2.46 bits per heavy atom. The molecule has 0 saturated carbocycles. The van der Waals surface area contributed by atoms with E-state index < -0.39 is 0 Å². The average Bonchev–Trinajstić information content (AvgIpc) is 3.11. The predicted octanol–water partition coefficient (Wildman–Crippen LogP) is 4.00. The number of nitrogens with zero attached hydrogens (tertiary/aromatic N) is 2. The highest BCUT2D eigenvalue weighted by Crippen LogP contribution is 2.23. The number of aromatic nitrogens is 1. The Kier molecular flexibility index (Phi) is 4.51. The lowest BCUT2D eigenvalue weighted by atomic mass is 10.1. The Balaban J connectivity index is 1.43. The average molecular weight is 347 g/mol. The number of carbonyl (C=O) groups excluding carboxylic acids is 1. The fourth-order valence-electron chi connectivity index (χ4n) is 3.79. The molecule has 4 heteroatoms. The first-order valence-electron chi connectivity index (χ1n) is 9.29. The molecule has 0 aliphatic carbocycles. The van der Waals surface area contributed by atoms with Crippen LogP contribution >= 0.6 is 0 Å². The van der Waals surface area contributed by atoms with Crippen LogP contribution in [0.4, 0.5) is 0 Å². The quantitative estimate of drug-likeness (QED) is 0.778. The Hall–Kier alpha value is -2.59. The van der Waals surface area contributed by atoms with Gasteiger partial charge >= 0.3 is 0 Å². The van der Waals surface area contributed by atoms with Crippen LogP contribution in [0.15, 0.2) is 54.6 Å². The molecule has 1 N–H and O–H groups in total. The summed E-state index contributed by atoms with van der Waals surface area (Å²) in [7, 11) is 0. The van der Waals surface area contributed by atoms with Gasteiger partial charge in [-0.25, -0.2) is 0 Å². The van der Waals surface area contributed by atoms with Crippen molar-refractivity contribution in [1.82, 2.24) is 14.8 Å². The molecule has 1 saturated heterocycles. The van der Waals surface area contributed by atoms with E-state index in [1.54, 1.807) is 0 Å². The van der Waals surface area contributed by atoms with Crippen LogP contribution in [0.2, 0.25) is 0 Å². The Morgan fingerprint density at radius 2 is 1.73 bits per heavy atom. The van der Waals surface area contributed by atoms with Crippen molar-refractivity contribution in [2.24, 2.45) is 0 Å². The van der Waals surface area contributed by atoms with E-state index in [2.05, 4.69) is 66.2 Å². The molecular formula is C22H25N3O. The van der Waals surface area contributed by atoms with Crippen molar-refractivity contribution in [3.8, 4) is 0 Å². The Bertz CT molecular complexity index is 908. The zero-order valence-corrected chi connectivity index (χ0v) is 15.4. The first-order chi connectivity index (χ1) is 12.6. The second kappa shape index (κ2) is 6.96. The molecule has 2 aromatic carbocycles. The van der Waals surface area contributed by atoms with Crippen LogP contribution in [-0.2, 0) is 0 Å². The van der Waals surface area contributed by atoms with Gasteiger partial charge in [-0.15, -0.1) is 0 Å². The summed E-state index contributed by atoms with van der Waals surface area (Å²) in [5.74, 6) is 0.103. The lowest BCUT2D eigenvalue weighted by Gasteiger charge is -2.38. The van der Waals surface area contributed by atoms with E-state index in [0.29, 0.717) is 11.7 Å². The number of H-pyrrole nitrogens is 1. The molecule has 1 aliphatic heterocycles. The number of benzene rings is 2. The van der Waals surface area contributed by atoms with Crippen molar-refractivity contribution < 1.29 is 4.79 Å². The van der Waals surface area contributed by atoms with Gasteiger partial charge in [-0.2, -0.15) is 0 Å². The molecular weight excluding hydrogens is 322 g/mol. The summed E-state index contributed by atoms with van der Waals surface area (Å²) < 4.78 is 0. The smallest absolute Gasteiger partial charge is 0.270 e. The third-order valence-electron chi connectivity index (χ3n) is 5.44. The van der Waals surface area contributed by atoms with Gasteiger partial charge in [0.05, 0.1) is 0 Å². The molecule has 0 bridgehead atoms. The molecule has 1 fully saturated rings. The van der Waals surface area contributed by atoms with Crippen LogP contribution < -0.4 is 0 Å². The highest BCUT2D eigenvalue weighted by Gasteiger charge is 2.26. The lowest BCUT2D eigenvalue weighted by molar-refractivity contribution is 0.0577. The summed E-state index contributed by atoms with van der Waals surface area (Å²) >= 11 is 0. The predicted molar refractivity (Wildman–Crippen MR) is 105 cm³/mol. The van der Waals surface area contributed by atoms with E-state index in [4.69, 9.17) is 0 Å². The van der Waals surface area contributed by atoms with E-state index in [0.717, 1.165) is 37.1 Å². The molecule has 1 unspecified atom stereocenters. The van der Waals surface area contributed by atoms with Crippen molar-refractivity contribution in [1.29, 1.82) is 0 Å². The van der Waals surface area contributed by atoms with E-state index in [-0.39, 0.29) is 5.91 Å². The van der Waals surface area contributed by atoms with Gasteiger partial charge in [-0.05, 0) is 37.6 Å². The molecule has 134 valence electrons. The molecule has 4 nitrogen and oxygen atoms in total. The van der Waals surface area contributed by atoms with Crippen LogP contribution in [-0.4, -0.2) is 46.9 Å². The van der Waals surface area contributed by atoms with E-state index in [1.807, 2.05) is 17.0 Å². The van der Waals surface area contributed by atoms with Crippen LogP contribution in [0.3, 0.4) is 0 Å². The standard InChI is InChI=1S/C22H25N3O/c1-16-8-9-20-19(14-16)15-21(23-20)22(26)25-12-10-24(11-13-25)17(2)18-6-4-3-5-7-18/h3-9,14-15,17,23H,10-13H2,1-2H3. The van der Waals surface area contributed by atoms with Crippen molar-refractivity contribution in [2.45, 2.75) is 19.9 Å². The fourth-order valence-corrected chi connectivity index (χ4v) is 3.79. The van der Waals surface area contributed by atoms with Gasteiger partial charge in [0.2, 0.25) is 0 Å². The minimum atomic E-state index is 0.103. The van der Waals surface area contributed by atoms with E-state index >= 15 is 0 Å². The molecule has 26 heavy (non-hydrogen) atoms. The van der Waals surface area contributed by atoms with Crippen molar-refractivity contribution in [3.05, 3.63) is 71.4 Å². The van der Waals surface area contributed by atoms with Crippen molar-refractivity contribution in [2.75, 3.05) is 26.2 Å². The number of hydrogen-bond acceptors (Lipinski definition) is 2. The lowest BCUT2D eigenvalue weighted by Crippen LogP contribution is -2.49. The Morgan fingerprint density at radius 1 is 1.00 bits per heavy atom. The molecule has 2 heterocycles. The first kappa shape index (κ1) is 16.9. The van der Waals surface area contributed by atoms with Crippen LogP contribution in [0.1, 0.15) is 34.6 Å². The van der Waals surface area contributed by atoms with E-state index in [9.17, 15) is 4.79 Å². The van der Waals surface area contributed by atoms with Gasteiger partial charge in [-0.1, -0.05) is 42.0 Å². The van der Waals surface area contributed by atoms with Crippen LogP contribution in [0.25, 0.3) is 10.9 Å². The monoisotopic (exact) mass is 347 g/mol. The molecule has 1 atom stereocenters. The molecule has 1 amide bonds. The van der Waals surface area contributed by atoms with Gasteiger partial charge in [-0.3, -0.25) is 9.69 Å². The number of aromatic amines is 1. The summed E-state index contributed by atoms with van der Waals surface area (Å²) in [6.45, 7) is 7.66. The minimum absolute atomic E-state index is 0.103. The van der Waals surface area contributed by atoms with Crippen LogP contribution in [0, 0.1) is 6.92 Å². The zero-order chi connectivity index (χ0) is 18.1. The maximum atomic E-state index is 12.9. The number of nitrogens with one attached hydrogen (secondary N) is 1. The summed E-state index contributed by atoms with van der Waals surface area (Å²) in [6.07, 6.45) is 0. The molecule has 4 rings (SSSR count).